The Labute approximate surface area is 114 Å². The van der Waals surface area contributed by atoms with Crippen molar-refractivity contribution in [2.75, 3.05) is 0 Å². The van der Waals surface area contributed by atoms with Gasteiger partial charge in [-0.15, -0.1) is 11.3 Å². The second-order valence-corrected chi connectivity index (χ2v) is 5.27. The van der Waals surface area contributed by atoms with Crippen molar-refractivity contribution in [3.8, 4) is 6.07 Å². The SMILES string of the molecule is Cc1ccc(/C=C(\C#N)C(=O)c2ccc(F)cc2)s1. The summed E-state index contributed by atoms with van der Waals surface area (Å²) in [7, 11) is 0. The standard InChI is InChI=1S/C15H10FNOS/c1-10-2-7-14(19-10)8-12(9-17)15(18)11-3-5-13(16)6-4-11/h2-8H,1H3/b12-8+. The van der Waals surface area contributed by atoms with Gasteiger partial charge in [0.1, 0.15) is 17.5 Å². The Morgan fingerprint density at radius 3 is 2.47 bits per heavy atom. The summed E-state index contributed by atoms with van der Waals surface area (Å²) in [5, 5.41) is 9.07. The molecule has 0 saturated heterocycles. The molecule has 0 radical (unpaired) electrons. The highest BCUT2D eigenvalue weighted by atomic mass is 32.1. The van der Waals surface area contributed by atoms with Crippen molar-refractivity contribution in [3.63, 3.8) is 0 Å². The predicted octanol–water partition coefficient (Wildman–Crippen LogP) is 3.99. The van der Waals surface area contributed by atoms with Gasteiger partial charge in [0.25, 0.3) is 0 Å². The first-order valence-electron chi connectivity index (χ1n) is 5.58. The Morgan fingerprint density at radius 1 is 1.26 bits per heavy atom. The lowest BCUT2D eigenvalue weighted by atomic mass is 10.0. The molecule has 0 fully saturated rings. The van der Waals surface area contributed by atoms with Gasteiger partial charge in [0.2, 0.25) is 5.78 Å². The summed E-state index contributed by atoms with van der Waals surface area (Å²) in [6, 6.07) is 10.8. The minimum Gasteiger partial charge on any atom is -0.288 e. The Kier molecular flexibility index (Phi) is 3.88. The van der Waals surface area contributed by atoms with E-state index in [4.69, 9.17) is 5.26 Å². The van der Waals surface area contributed by atoms with Crippen molar-refractivity contribution in [1.82, 2.24) is 0 Å². The Morgan fingerprint density at radius 2 is 1.95 bits per heavy atom. The number of ketones is 1. The molecule has 2 rings (SSSR count). The lowest BCUT2D eigenvalue weighted by molar-refractivity contribution is 0.104. The van der Waals surface area contributed by atoms with Gasteiger partial charge in [-0.3, -0.25) is 4.79 Å². The summed E-state index contributed by atoms with van der Waals surface area (Å²) >= 11 is 1.51. The first-order valence-corrected chi connectivity index (χ1v) is 6.40. The number of thiophene rings is 1. The average molecular weight is 271 g/mol. The second-order valence-electron chi connectivity index (χ2n) is 3.95. The van der Waals surface area contributed by atoms with E-state index >= 15 is 0 Å². The molecule has 0 N–H and O–H groups in total. The first kappa shape index (κ1) is 13.2. The molecule has 0 atom stereocenters. The normalized spacial score (nSPS) is 11.1. The van der Waals surface area contributed by atoms with Crippen LogP contribution >= 0.6 is 11.3 Å². The van der Waals surface area contributed by atoms with Crippen molar-refractivity contribution >= 4 is 23.2 Å². The molecule has 0 amide bonds. The third kappa shape index (κ3) is 3.15. The van der Waals surface area contributed by atoms with Crippen molar-refractivity contribution in [2.45, 2.75) is 6.92 Å². The van der Waals surface area contributed by atoms with Crippen molar-refractivity contribution in [3.05, 3.63) is 63.1 Å². The maximum absolute atomic E-state index is 12.8. The van der Waals surface area contributed by atoms with Crippen LogP contribution in [-0.2, 0) is 0 Å². The van der Waals surface area contributed by atoms with Gasteiger partial charge in [-0.2, -0.15) is 5.26 Å². The van der Waals surface area contributed by atoms with Gasteiger partial charge in [-0.05, 0) is 49.4 Å². The van der Waals surface area contributed by atoms with E-state index in [9.17, 15) is 9.18 Å². The third-order valence-corrected chi connectivity index (χ3v) is 3.47. The molecule has 0 saturated carbocycles. The van der Waals surface area contributed by atoms with E-state index in [1.54, 1.807) is 6.08 Å². The molecule has 0 aliphatic carbocycles. The van der Waals surface area contributed by atoms with Crippen molar-refractivity contribution in [1.29, 1.82) is 5.26 Å². The number of halogens is 1. The van der Waals surface area contributed by atoms with Crippen molar-refractivity contribution < 1.29 is 9.18 Å². The van der Waals surface area contributed by atoms with Gasteiger partial charge in [-0.1, -0.05) is 0 Å². The number of hydrogen-bond donors (Lipinski definition) is 0. The Hall–Kier alpha value is -2.25. The lowest BCUT2D eigenvalue weighted by Crippen LogP contribution is -2.01. The predicted molar refractivity (Wildman–Crippen MR) is 73.4 cm³/mol. The maximum atomic E-state index is 12.8. The molecule has 4 heteroatoms. The van der Waals surface area contributed by atoms with Crippen LogP contribution in [0.3, 0.4) is 0 Å². The van der Waals surface area contributed by atoms with Gasteiger partial charge < -0.3 is 0 Å². The molecule has 2 nitrogen and oxygen atoms in total. The average Bonchev–Trinajstić information content (AvgIpc) is 2.81. The zero-order valence-corrected chi connectivity index (χ0v) is 11.0. The van der Waals surface area contributed by atoms with Crippen LogP contribution < -0.4 is 0 Å². The van der Waals surface area contributed by atoms with Crippen LogP contribution in [0.2, 0.25) is 0 Å². The fourth-order valence-electron chi connectivity index (χ4n) is 1.58. The molecule has 1 aromatic heterocycles. The van der Waals surface area contributed by atoms with E-state index in [2.05, 4.69) is 0 Å². The topological polar surface area (TPSA) is 40.9 Å². The van der Waals surface area contributed by atoms with Crippen LogP contribution in [-0.4, -0.2) is 5.78 Å². The van der Waals surface area contributed by atoms with Crippen LogP contribution in [0, 0.1) is 24.1 Å². The van der Waals surface area contributed by atoms with Crippen LogP contribution in [0.15, 0.2) is 42.0 Å². The largest absolute Gasteiger partial charge is 0.288 e. The van der Waals surface area contributed by atoms with E-state index in [0.29, 0.717) is 5.56 Å². The van der Waals surface area contributed by atoms with E-state index in [0.717, 1.165) is 9.75 Å². The first-order chi connectivity index (χ1) is 9.10. The zero-order chi connectivity index (χ0) is 13.8. The number of benzene rings is 1. The fourth-order valence-corrected chi connectivity index (χ4v) is 2.40. The summed E-state index contributed by atoms with van der Waals surface area (Å²) in [5.74, 6) is -0.804. The molecular weight excluding hydrogens is 261 g/mol. The molecular formula is C15H10FNOS. The van der Waals surface area contributed by atoms with Gasteiger partial charge in [0, 0.05) is 15.3 Å². The maximum Gasteiger partial charge on any atom is 0.203 e. The molecule has 94 valence electrons. The second kappa shape index (κ2) is 5.59. The molecule has 0 aliphatic heterocycles. The zero-order valence-electron chi connectivity index (χ0n) is 10.2. The van der Waals surface area contributed by atoms with Crippen LogP contribution in [0.4, 0.5) is 4.39 Å². The molecule has 19 heavy (non-hydrogen) atoms. The summed E-state index contributed by atoms with van der Waals surface area (Å²) in [5.41, 5.74) is 0.357. The summed E-state index contributed by atoms with van der Waals surface area (Å²) in [6.07, 6.45) is 1.56. The Balaban J connectivity index is 2.32. The highest BCUT2D eigenvalue weighted by Crippen LogP contribution is 2.20. The van der Waals surface area contributed by atoms with Gasteiger partial charge >= 0.3 is 0 Å². The number of hydrogen-bond acceptors (Lipinski definition) is 3. The number of nitriles is 1. The number of Topliss-reactive ketones (excluding diaryl/α,β-unsaturated/α-hetero) is 1. The summed E-state index contributed by atoms with van der Waals surface area (Å²) < 4.78 is 12.8. The lowest BCUT2D eigenvalue weighted by Gasteiger charge is -1.98. The molecule has 0 bridgehead atoms. The van der Waals surface area contributed by atoms with E-state index in [1.165, 1.54) is 35.6 Å². The van der Waals surface area contributed by atoms with Gasteiger partial charge in [0.05, 0.1) is 0 Å². The van der Waals surface area contributed by atoms with Crippen molar-refractivity contribution in [2.24, 2.45) is 0 Å². The minimum absolute atomic E-state index is 0.0495. The molecule has 1 heterocycles. The summed E-state index contributed by atoms with van der Waals surface area (Å²) in [4.78, 5) is 14.1. The van der Waals surface area contributed by atoms with Crippen LogP contribution in [0.1, 0.15) is 20.1 Å². The number of nitrogens with zero attached hydrogens (tertiary/aromatic N) is 1. The minimum atomic E-state index is -0.409. The third-order valence-electron chi connectivity index (χ3n) is 2.52. The fraction of sp³-hybridized carbons (Fsp3) is 0.0667. The van der Waals surface area contributed by atoms with Crippen LogP contribution in [0.5, 0.6) is 0 Å². The van der Waals surface area contributed by atoms with Gasteiger partial charge in [0.15, 0.2) is 0 Å². The molecule has 0 spiro atoms. The van der Waals surface area contributed by atoms with Crippen LogP contribution in [0.25, 0.3) is 6.08 Å². The molecule has 1 aromatic carbocycles. The van der Waals surface area contributed by atoms with E-state index in [1.807, 2.05) is 25.1 Å². The van der Waals surface area contributed by atoms with E-state index in [-0.39, 0.29) is 5.57 Å². The number of carbonyl (C=O) groups excluding carboxylic acids is 1. The molecule has 2 aromatic rings. The smallest absolute Gasteiger partial charge is 0.203 e. The molecule has 0 aliphatic rings. The highest BCUT2D eigenvalue weighted by molar-refractivity contribution is 7.12. The van der Waals surface area contributed by atoms with Gasteiger partial charge in [-0.25, -0.2) is 4.39 Å². The highest BCUT2D eigenvalue weighted by Gasteiger charge is 2.12. The number of carbonyl (C=O) groups is 1. The summed E-state index contributed by atoms with van der Waals surface area (Å²) in [6.45, 7) is 1.95. The number of allylic oxidation sites excluding steroid dienone is 1. The quantitative estimate of drug-likeness (QED) is 0.481. The number of aryl methyl sites for hydroxylation is 1. The molecule has 0 unspecified atom stereocenters. The van der Waals surface area contributed by atoms with E-state index < -0.39 is 11.6 Å². The number of rotatable bonds is 3. The Bertz CT molecular complexity index is 677. The monoisotopic (exact) mass is 271 g/mol.